The molecular formula is C28H30N2O3. The van der Waals surface area contributed by atoms with Gasteiger partial charge < -0.3 is 14.2 Å². The van der Waals surface area contributed by atoms with Gasteiger partial charge >= 0.3 is 0 Å². The maximum absolute atomic E-state index is 14.1. The van der Waals surface area contributed by atoms with Crippen LogP contribution in [0.3, 0.4) is 0 Å². The lowest BCUT2D eigenvalue weighted by molar-refractivity contribution is 0.0568. The van der Waals surface area contributed by atoms with E-state index >= 15 is 0 Å². The Morgan fingerprint density at radius 3 is 2.42 bits per heavy atom. The molecule has 1 aliphatic heterocycles. The summed E-state index contributed by atoms with van der Waals surface area (Å²) in [6.07, 6.45) is 5.52. The molecular weight excluding hydrogens is 412 g/mol. The van der Waals surface area contributed by atoms with E-state index in [-0.39, 0.29) is 23.7 Å². The van der Waals surface area contributed by atoms with Crippen LogP contribution in [0.5, 0.6) is 5.75 Å². The number of ether oxygens (including phenoxy) is 1. The van der Waals surface area contributed by atoms with E-state index in [0.29, 0.717) is 37.1 Å². The van der Waals surface area contributed by atoms with Gasteiger partial charge in [0.05, 0.1) is 12.7 Å². The normalized spacial score (nSPS) is 18.2. The van der Waals surface area contributed by atoms with Crippen molar-refractivity contribution in [3.05, 3.63) is 90.7 Å². The maximum Gasteiger partial charge on any atom is 0.271 e. The number of amides is 1. The fourth-order valence-electron chi connectivity index (χ4n) is 4.96. The van der Waals surface area contributed by atoms with E-state index in [0.717, 1.165) is 22.2 Å². The Labute approximate surface area is 195 Å². The number of aromatic nitrogens is 1. The largest absolute Gasteiger partial charge is 0.497 e. The van der Waals surface area contributed by atoms with Crippen molar-refractivity contribution in [1.82, 2.24) is 9.47 Å². The highest BCUT2D eigenvalue weighted by atomic mass is 16.5. The summed E-state index contributed by atoms with van der Waals surface area (Å²) in [4.78, 5) is 29.9. The number of nitrogens with zero attached hydrogens (tertiary/aromatic N) is 2. The number of hydrogen-bond donors (Lipinski definition) is 0. The highest BCUT2D eigenvalue weighted by molar-refractivity contribution is 6.18. The fourth-order valence-corrected chi connectivity index (χ4v) is 4.96. The first-order valence-electron chi connectivity index (χ1n) is 11.3. The van der Waals surface area contributed by atoms with Crippen molar-refractivity contribution in [3.8, 4) is 5.75 Å². The van der Waals surface area contributed by atoms with Crippen LogP contribution in [0.4, 0.5) is 0 Å². The van der Waals surface area contributed by atoms with Crippen LogP contribution in [0.25, 0.3) is 10.9 Å². The molecule has 1 aromatic heterocycles. The highest BCUT2D eigenvalue weighted by Crippen LogP contribution is 2.37. The molecule has 0 N–H and O–H groups in total. The van der Waals surface area contributed by atoms with Crippen molar-refractivity contribution >= 4 is 22.6 Å². The van der Waals surface area contributed by atoms with Gasteiger partial charge in [0.15, 0.2) is 5.78 Å². The van der Waals surface area contributed by atoms with Crippen molar-refractivity contribution < 1.29 is 14.3 Å². The molecule has 0 saturated carbocycles. The summed E-state index contributed by atoms with van der Waals surface area (Å²) in [5.74, 6) is 0.329. The number of carbonyl (C=O) groups excluding carboxylic acids is 2. The molecule has 2 aromatic carbocycles. The summed E-state index contributed by atoms with van der Waals surface area (Å²) >= 11 is 0. The number of para-hydroxylation sites is 1. The number of fused-ring (bicyclic) bond motifs is 3. The second kappa shape index (κ2) is 9.49. The first kappa shape index (κ1) is 22.6. The Morgan fingerprint density at radius 1 is 1.03 bits per heavy atom. The third kappa shape index (κ3) is 3.99. The lowest BCUT2D eigenvalue weighted by atomic mass is 9.85. The minimum Gasteiger partial charge on any atom is -0.497 e. The fraction of sp³-hybridized carbons (Fsp3) is 0.286. The van der Waals surface area contributed by atoms with Crippen LogP contribution in [0.2, 0.25) is 0 Å². The zero-order chi connectivity index (χ0) is 23.5. The van der Waals surface area contributed by atoms with Crippen LogP contribution in [-0.4, -0.2) is 34.3 Å². The van der Waals surface area contributed by atoms with Crippen molar-refractivity contribution in [1.29, 1.82) is 0 Å². The Morgan fingerprint density at radius 2 is 1.76 bits per heavy atom. The third-order valence-corrected chi connectivity index (χ3v) is 6.62. The maximum atomic E-state index is 14.1. The van der Waals surface area contributed by atoms with Gasteiger partial charge in [-0.2, -0.15) is 0 Å². The number of allylic oxidation sites excluding steroid dienone is 1. The van der Waals surface area contributed by atoms with E-state index < -0.39 is 0 Å². The van der Waals surface area contributed by atoms with Gasteiger partial charge in [-0.25, -0.2) is 0 Å². The smallest absolute Gasteiger partial charge is 0.271 e. The molecule has 0 aliphatic carbocycles. The van der Waals surface area contributed by atoms with E-state index in [4.69, 9.17) is 4.74 Å². The van der Waals surface area contributed by atoms with Gasteiger partial charge in [0.2, 0.25) is 0 Å². The lowest BCUT2D eigenvalue weighted by Crippen LogP contribution is -2.44. The van der Waals surface area contributed by atoms with Gasteiger partial charge in [-0.1, -0.05) is 42.5 Å². The molecule has 4 rings (SSSR count). The first-order chi connectivity index (χ1) is 16.0. The number of Topliss-reactive ketones (excluding diaryl/α,β-unsaturated/α-hetero) is 1. The van der Waals surface area contributed by atoms with Crippen LogP contribution in [-0.2, 0) is 13.6 Å². The van der Waals surface area contributed by atoms with Gasteiger partial charge in [0.1, 0.15) is 11.4 Å². The van der Waals surface area contributed by atoms with Gasteiger partial charge in [0, 0.05) is 36.5 Å². The average Bonchev–Trinajstić information content (AvgIpc) is 3.10. The lowest BCUT2D eigenvalue weighted by Gasteiger charge is -2.34. The minimum absolute atomic E-state index is 0.0288. The topological polar surface area (TPSA) is 51.5 Å². The molecule has 2 heterocycles. The number of ketones is 1. The van der Waals surface area contributed by atoms with Crippen LogP contribution < -0.4 is 4.74 Å². The number of carbonyl (C=O) groups is 2. The summed E-state index contributed by atoms with van der Waals surface area (Å²) in [7, 11) is 3.50. The quantitative estimate of drug-likeness (QED) is 0.430. The molecule has 3 aromatic rings. The number of hydrogen-bond acceptors (Lipinski definition) is 3. The zero-order valence-corrected chi connectivity index (χ0v) is 19.3. The molecule has 0 fully saturated rings. The van der Waals surface area contributed by atoms with E-state index in [1.807, 2.05) is 71.1 Å². The van der Waals surface area contributed by atoms with Gasteiger partial charge in [0.25, 0.3) is 5.91 Å². The molecule has 2 unspecified atom stereocenters. The molecule has 5 heteroatoms. The molecule has 5 nitrogen and oxygen atoms in total. The van der Waals surface area contributed by atoms with Crippen molar-refractivity contribution in [2.45, 2.75) is 31.8 Å². The summed E-state index contributed by atoms with van der Waals surface area (Å²) in [5.41, 5.74) is 2.87. The SMILES string of the molecule is C=CCCC1C(=O)c2c(n(C)c3ccccc23)C(=O)N(Cc2ccc(OC)cc2)C1CC=C. The number of rotatable bonds is 8. The molecule has 33 heavy (non-hydrogen) atoms. The Balaban J connectivity index is 1.89. The number of methoxy groups -OCH3 is 1. The van der Waals surface area contributed by atoms with Crippen molar-refractivity contribution in [2.24, 2.45) is 13.0 Å². The van der Waals surface area contributed by atoms with E-state index in [1.165, 1.54) is 0 Å². The van der Waals surface area contributed by atoms with Gasteiger partial charge in [-0.3, -0.25) is 9.59 Å². The van der Waals surface area contributed by atoms with Crippen LogP contribution >= 0.6 is 0 Å². The van der Waals surface area contributed by atoms with E-state index in [9.17, 15) is 9.59 Å². The molecule has 1 aliphatic rings. The first-order valence-corrected chi connectivity index (χ1v) is 11.3. The standard InChI is InChI=1S/C28H30N2O3/c1-5-7-11-22-24(10-6-2)30(18-19-14-16-20(33-4)17-15-19)28(32)26-25(27(22)31)21-12-8-9-13-23(21)29(26)3/h5-6,8-9,12-17,22,24H,1-2,7,10-11,18H2,3-4H3. The van der Waals surface area contributed by atoms with Crippen LogP contribution in [0, 0.1) is 5.92 Å². The Bertz CT molecular complexity index is 1210. The van der Waals surface area contributed by atoms with Crippen LogP contribution in [0.15, 0.2) is 73.8 Å². The summed E-state index contributed by atoms with van der Waals surface area (Å²) in [6.45, 7) is 8.18. The predicted octanol–water partition coefficient (Wildman–Crippen LogP) is 5.55. The zero-order valence-electron chi connectivity index (χ0n) is 19.3. The molecule has 170 valence electrons. The second-order valence-electron chi connectivity index (χ2n) is 8.51. The van der Waals surface area contributed by atoms with Crippen molar-refractivity contribution in [3.63, 3.8) is 0 Å². The monoisotopic (exact) mass is 442 g/mol. The molecule has 2 atom stereocenters. The predicted molar refractivity (Wildman–Crippen MR) is 132 cm³/mol. The average molecular weight is 443 g/mol. The number of benzene rings is 2. The molecule has 0 radical (unpaired) electrons. The molecule has 1 amide bonds. The third-order valence-electron chi connectivity index (χ3n) is 6.62. The van der Waals surface area contributed by atoms with E-state index in [1.54, 1.807) is 13.2 Å². The van der Waals surface area contributed by atoms with Gasteiger partial charge in [-0.05, 0) is 43.0 Å². The molecule has 0 bridgehead atoms. The summed E-state index contributed by atoms with van der Waals surface area (Å²) in [6, 6.07) is 15.2. The Hall–Kier alpha value is -3.60. The highest BCUT2D eigenvalue weighted by Gasteiger charge is 2.43. The van der Waals surface area contributed by atoms with Crippen molar-refractivity contribution in [2.75, 3.05) is 7.11 Å². The van der Waals surface area contributed by atoms with E-state index in [2.05, 4.69) is 13.2 Å². The summed E-state index contributed by atoms with van der Waals surface area (Å²) < 4.78 is 7.15. The van der Waals surface area contributed by atoms with Crippen LogP contribution in [0.1, 0.15) is 45.7 Å². The minimum atomic E-state index is -0.338. The second-order valence-corrected chi connectivity index (χ2v) is 8.51. The van der Waals surface area contributed by atoms with Gasteiger partial charge in [-0.15, -0.1) is 13.2 Å². The number of aryl methyl sites for hydroxylation is 1. The Kier molecular flexibility index (Phi) is 6.50. The molecule has 0 spiro atoms. The summed E-state index contributed by atoms with van der Waals surface area (Å²) in [5, 5.41) is 0.834. The molecule has 0 saturated heterocycles.